The largest absolute Gasteiger partial charge is 0.381 e. The molecule has 0 radical (unpaired) electrons. The Bertz CT molecular complexity index is 305. The Morgan fingerprint density at radius 2 is 2.05 bits per heavy atom. The molecule has 110 valence electrons. The zero-order valence-electron chi connectivity index (χ0n) is 12.1. The van der Waals surface area contributed by atoms with E-state index in [0.29, 0.717) is 5.92 Å². The molecular weight excluding hydrogens is 240 g/mol. The van der Waals surface area contributed by atoms with E-state index in [4.69, 9.17) is 10.5 Å². The summed E-state index contributed by atoms with van der Waals surface area (Å²) in [5.74, 6) is 1.08. The lowest BCUT2D eigenvalue weighted by molar-refractivity contribution is -0.126. The summed E-state index contributed by atoms with van der Waals surface area (Å²) < 4.78 is 5.72. The lowest BCUT2D eigenvalue weighted by Crippen LogP contribution is -2.58. The molecule has 19 heavy (non-hydrogen) atoms. The Labute approximate surface area is 116 Å². The molecule has 2 unspecified atom stereocenters. The summed E-state index contributed by atoms with van der Waals surface area (Å²) in [5.41, 5.74) is 5.17. The first-order valence-corrected chi connectivity index (χ1v) is 7.81. The number of rotatable bonds is 9. The Balaban J connectivity index is 1.74. The molecule has 2 fully saturated rings. The number of carbonyl (C=O) groups is 1. The summed E-state index contributed by atoms with van der Waals surface area (Å²) in [5, 5.41) is 3.35. The van der Waals surface area contributed by atoms with Crippen LogP contribution in [-0.4, -0.2) is 31.2 Å². The van der Waals surface area contributed by atoms with Gasteiger partial charge in [0.05, 0.1) is 0 Å². The monoisotopic (exact) mass is 268 g/mol. The highest BCUT2D eigenvalue weighted by Crippen LogP contribution is 2.38. The number of nitrogens with two attached hydrogens (primary N) is 1. The Hall–Kier alpha value is -0.610. The van der Waals surface area contributed by atoms with Crippen LogP contribution >= 0.6 is 0 Å². The van der Waals surface area contributed by atoms with Gasteiger partial charge in [0.1, 0.15) is 5.54 Å². The second-order valence-electron chi connectivity index (χ2n) is 6.09. The lowest BCUT2D eigenvalue weighted by atomic mass is 9.84. The van der Waals surface area contributed by atoms with Crippen molar-refractivity contribution < 1.29 is 9.53 Å². The average molecular weight is 268 g/mol. The Morgan fingerprint density at radius 3 is 2.68 bits per heavy atom. The molecule has 0 heterocycles. The minimum Gasteiger partial charge on any atom is -0.381 e. The number of carbonyl (C=O) groups excluding carboxylic acids is 1. The van der Waals surface area contributed by atoms with Crippen LogP contribution in [0, 0.1) is 11.8 Å². The number of hydrogen-bond donors (Lipinski definition) is 2. The van der Waals surface area contributed by atoms with Crippen LogP contribution in [0.15, 0.2) is 0 Å². The van der Waals surface area contributed by atoms with E-state index < -0.39 is 5.54 Å². The second-order valence-corrected chi connectivity index (χ2v) is 6.09. The molecule has 2 atom stereocenters. The van der Waals surface area contributed by atoms with Crippen LogP contribution in [0.5, 0.6) is 0 Å². The van der Waals surface area contributed by atoms with E-state index in [1.165, 1.54) is 19.3 Å². The maximum atomic E-state index is 11.8. The van der Waals surface area contributed by atoms with Gasteiger partial charge in [0, 0.05) is 13.2 Å². The number of likely N-dealkylation sites (N-methyl/N-ethyl adjacent to an activating group) is 1. The number of ether oxygens (including phenoxy) is 1. The van der Waals surface area contributed by atoms with Gasteiger partial charge in [-0.1, -0.05) is 26.2 Å². The van der Waals surface area contributed by atoms with Gasteiger partial charge in [-0.2, -0.15) is 0 Å². The zero-order chi connectivity index (χ0) is 13.7. The smallest absolute Gasteiger partial charge is 0.238 e. The summed E-state index contributed by atoms with van der Waals surface area (Å²) in [4.78, 5) is 11.8. The highest BCUT2D eigenvalue weighted by atomic mass is 16.5. The summed E-state index contributed by atoms with van der Waals surface area (Å²) in [7, 11) is 0. The van der Waals surface area contributed by atoms with E-state index in [-0.39, 0.29) is 5.91 Å². The van der Waals surface area contributed by atoms with Crippen molar-refractivity contribution in [3.8, 4) is 0 Å². The van der Waals surface area contributed by atoms with E-state index in [1.54, 1.807) is 0 Å². The van der Waals surface area contributed by atoms with Crippen LogP contribution in [0.3, 0.4) is 0 Å². The minimum atomic E-state index is -0.478. The molecule has 0 aromatic heterocycles. The standard InChI is InChI=1S/C15H28N2O2/c1-2-17-15(14(16)18)9-3-4-13(15)8-11-19-10-7-12-5-6-12/h12-13,17H,2-11H2,1H3,(H2,16,18). The predicted molar refractivity (Wildman–Crippen MR) is 75.7 cm³/mol. The molecule has 0 spiro atoms. The highest BCUT2D eigenvalue weighted by molar-refractivity contribution is 5.85. The third-order valence-electron chi connectivity index (χ3n) is 4.73. The van der Waals surface area contributed by atoms with Gasteiger partial charge in [-0.15, -0.1) is 0 Å². The first-order chi connectivity index (χ1) is 9.19. The van der Waals surface area contributed by atoms with Crippen molar-refractivity contribution in [2.75, 3.05) is 19.8 Å². The molecular formula is C15H28N2O2. The van der Waals surface area contributed by atoms with Crippen LogP contribution in [0.1, 0.15) is 51.9 Å². The molecule has 0 aromatic carbocycles. The number of primary amides is 1. The van der Waals surface area contributed by atoms with Crippen LogP contribution in [0.25, 0.3) is 0 Å². The normalized spacial score (nSPS) is 30.7. The molecule has 2 saturated carbocycles. The molecule has 2 rings (SSSR count). The molecule has 1 amide bonds. The zero-order valence-corrected chi connectivity index (χ0v) is 12.1. The van der Waals surface area contributed by atoms with Crippen LogP contribution in [0.2, 0.25) is 0 Å². The van der Waals surface area contributed by atoms with E-state index >= 15 is 0 Å². The fourth-order valence-corrected chi connectivity index (χ4v) is 3.41. The molecule has 2 aliphatic carbocycles. The average Bonchev–Trinajstić information content (AvgIpc) is 3.11. The fourth-order valence-electron chi connectivity index (χ4n) is 3.41. The van der Waals surface area contributed by atoms with Crippen molar-refractivity contribution >= 4 is 5.91 Å². The summed E-state index contributed by atoms with van der Waals surface area (Å²) >= 11 is 0. The third-order valence-corrected chi connectivity index (χ3v) is 4.73. The van der Waals surface area contributed by atoms with Crippen molar-refractivity contribution in [3.05, 3.63) is 0 Å². The van der Waals surface area contributed by atoms with E-state index in [0.717, 1.165) is 51.4 Å². The van der Waals surface area contributed by atoms with Crippen LogP contribution in [-0.2, 0) is 9.53 Å². The Morgan fingerprint density at radius 1 is 1.32 bits per heavy atom. The first-order valence-electron chi connectivity index (χ1n) is 7.81. The van der Waals surface area contributed by atoms with Gasteiger partial charge in [0.2, 0.25) is 5.91 Å². The van der Waals surface area contributed by atoms with Gasteiger partial charge in [0.25, 0.3) is 0 Å². The van der Waals surface area contributed by atoms with Gasteiger partial charge >= 0.3 is 0 Å². The number of hydrogen-bond acceptors (Lipinski definition) is 3. The molecule has 2 aliphatic rings. The molecule has 4 nitrogen and oxygen atoms in total. The van der Waals surface area contributed by atoms with Gasteiger partial charge in [-0.3, -0.25) is 4.79 Å². The third kappa shape index (κ3) is 3.69. The first kappa shape index (κ1) is 14.8. The lowest BCUT2D eigenvalue weighted by Gasteiger charge is -2.33. The van der Waals surface area contributed by atoms with E-state index in [9.17, 15) is 4.79 Å². The molecule has 0 aromatic rings. The maximum absolute atomic E-state index is 11.8. The van der Waals surface area contributed by atoms with Crippen LogP contribution in [0.4, 0.5) is 0 Å². The quantitative estimate of drug-likeness (QED) is 0.627. The van der Waals surface area contributed by atoms with Crippen molar-refractivity contribution in [2.45, 2.75) is 57.4 Å². The van der Waals surface area contributed by atoms with Crippen molar-refractivity contribution in [1.82, 2.24) is 5.32 Å². The molecule has 3 N–H and O–H groups in total. The second kappa shape index (κ2) is 6.71. The minimum absolute atomic E-state index is 0.185. The maximum Gasteiger partial charge on any atom is 0.238 e. The van der Waals surface area contributed by atoms with Crippen molar-refractivity contribution in [1.29, 1.82) is 0 Å². The van der Waals surface area contributed by atoms with E-state index in [1.807, 2.05) is 6.92 Å². The molecule has 4 heteroatoms. The van der Waals surface area contributed by atoms with Crippen molar-refractivity contribution in [3.63, 3.8) is 0 Å². The summed E-state index contributed by atoms with van der Waals surface area (Å²) in [6.45, 7) is 4.47. The molecule has 0 saturated heterocycles. The molecule has 0 aliphatic heterocycles. The topological polar surface area (TPSA) is 64.3 Å². The van der Waals surface area contributed by atoms with Crippen LogP contribution < -0.4 is 11.1 Å². The van der Waals surface area contributed by atoms with Crippen molar-refractivity contribution in [2.24, 2.45) is 17.6 Å². The predicted octanol–water partition coefficient (Wildman–Crippen LogP) is 1.83. The molecule has 0 bridgehead atoms. The number of amides is 1. The number of nitrogens with one attached hydrogen (secondary N) is 1. The van der Waals surface area contributed by atoms with Gasteiger partial charge in [-0.25, -0.2) is 0 Å². The summed E-state index contributed by atoms with van der Waals surface area (Å²) in [6, 6.07) is 0. The Kier molecular flexibility index (Phi) is 5.22. The van der Waals surface area contributed by atoms with Gasteiger partial charge < -0.3 is 15.8 Å². The summed E-state index contributed by atoms with van der Waals surface area (Å²) in [6.07, 6.45) is 7.97. The fraction of sp³-hybridized carbons (Fsp3) is 0.933. The van der Waals surface area contributed by atoms with Gasteiger partial charge in [-0.05, 0) is 44.1 Å². The van der Waals surface area contributed by atoms with Gasteiger partial charge in [0.15, 0.2) is 0 Å². The SMILES string of the molecule is CCNC1(C(N)=O)CCCC1CCOCCC1CC1. The highest BCUT2D eigenvalue weighted by Gasteiger charge is 2.46. The van der Waals surface area contributed by atoms with E-state index in [2.05, 4.69) is 5.32 Å².